The second-order valence-corrected chi connectivity index (χ2v) is 6.67. The monoisotopic (exact) mass is 397 g/mol. The van der Waals surface area contributed by atoms with Crippen LogP contribution in [0.15, 0.2) is 4.99 Å². The number of guanidine groups is 1. The Kier molecular flexibility index (Phi) is 7.80. The van der Waals surface area contributed by atoms with Crippen LogP contribution in [0.25, 0.3) is 0 Å². The van der Waals surface area contributed by atoms with Gasteiger partial charge in [-0.1, -0.05) is 13.8 Å². The van der Waals surface area contributed by atoms with Gasteiger partial charge in [0.25, 0.3) is 0 Å². The van der Waals surface area contributed by atoms with E-state index in [4.69, 9.17) is 5.73 Å². The molecule has 0 aliphatic carbocycles. The molecule has 0 aromatic carbocycles. The van der Waals surface area contributed by atoms with Gasteiger partial charge in [0.2, 0.25) is 0 Å². The average Bonchev–Trinajstić information content (AvgIpc) is 2.63. The summed E-state index contributed by atoms with van der Waals surface area (Å²) in [7, 11) is 0. The van der Waals surface area contributed by atoms with Crippen LogP contribution in [-0.4, -0.2) is 28.2 Å². The van der Waals surface area contributed by atoms with Crippen molar-refractivity contribution in [2.24, 2.45) is 10.7 Å². The summed E-state index contributed by atoms with van der Waals surface area (Å²) in [5.74, 6) is 0.920. The molecule has 7 heteroatoms. The predicted molar refractivity (Wildman–Crippen MR) is 92.5 cm³/mol. The number of hydrogen-bond donors (Lipinski definition) is 2. The molecule has 1 aromatic heterocycles. The molecular weight excluding hydrogens is 373 g/mol. The lowest BCUT2D eigenvalue weighted by Gasteiger charge is -2.20. The Balaban J connectivity index is 0.00000324. The van der Waals surface area contributed by atoms with E-state index >= 15 is 0 Å². The number of rotatable bonds is 4. The zero-order valence-corrected chi connectivity index (χ0v) is 15.4. The van der Waals surface area contributed by atoms with Crippen molar-refractivity contribution in [3.8, 4) is 0 Å². The van der Waals surface area contributed by atoms with Crippen LogP contribution in [0.3, 0.4) is 0 Å². The molecule has 0 aliphatic rings. The van der Waals surface area contributed by atoms with Gasteiger partial charge in [-0.25, -0.2) is 0 Å². The Bertz CT molecular complexity index is 408. The maximum Gasteiger partial charge on any atom is 0.188 e. The topological polar surface area (TPSA) is 76.2 Å². The first-order valence-corrected chi connectivity index (χ1v) is 7.00. The van der Waals surface area contributed by atoms with E-state index in [2.05, 4.69) is 55.1 Å². The third-order valence-electron chi connectivity index (χ3n) is 2.09. The molecule has 1 rings (SSSR count). The van der Waals surface area contributed by atoms with Crippen molar-refractivity contribution in [3.05, 3.63) is 10.0 Å². The summed E-state index contributed by atoms with van der Waals surface area (Å²) in [6.45, 7) is 11.0. The number of nitrogens with zero attached hydrogens (tertiary/aromatic N) is 3. The molecular formula is C12H24IN5S. The van der Waals surface area contributed by atoms with E-state index in [0.29, 0.717) is 18.4 Å². The van der Waals surface area contributed by atoms with Crippen LogP contribution in [0.1, 0.15) is 50.6 Å². The number of aromatic nitrogens is 2. The van der Waals surface area contributed by atoms with Gasteiger partial charge in [0.15, 0.2) is 5.96 Å². The molecule has 1 heterocycles. The zero-order chi connectivity index (χ0) is 13.8. The molecule has 0 fully saturated rings. The molecule has 0 saturated heterocycles. The molecule has 0 atom stereocenters. The Hall–Kier alpha value is -0.440. The van der Waals surface area contributed by atoms with Gasteiger partial charge in [-0.3, -0.25) is 4.99 Å². The Labute approximate surface area is 136 Å². The quantitative estimate of drug-likeness (QED) is 0.465. The Morgan fingerprint density at radius 3 is 2.47 bits per heavy atom. The first-order valence-electron chi connectivity index (χ1n) is 6.18. The fourth-order valence-electron chi connectivity index (χ4n) is 1.30. The number of nitrogens with two attached hydrogens (primary N) is 1. The van der Waals surface area contributed by atoms with Gasteiger partial charge in [-0.15, -0.1) is 45.5 Å². The molecule has 0 bridgehead atoms. The van der Waals surface area contributed by atoms with E-state index in [-0.39, 0.29) is 29.5 Å². The van der Waals surface area contributed by atoms with Crippen molar-refractivity contribution < 1.29 is 0 Å². The lowest BCUT2D eigenvalue weighted by molar-refractivity contribution is 0.508. The number of nitrogens with one attached hydrogen (secondary N) is 1. The second kappa shape index (κ2) is 7.98. The van der Waals surface area contributed by atoms with Crippen molar-refractivity contribution in [2.75, 3.05) is 6.54 Å². The Morgan fingerprint density at radius 2 is 2.00 bits per heavy atom. The molecule has 19 heavy (non-hydrogen) atoms. The van der Waals surface area contributed by atoms with Crippen LogP contribution in [-0.2, 0) is 6.42 Å². The standard InChI is InChI=1S/C12H23N5S.HI/c1-8(2)10-17-16-9(18-10)6-7-14-11(13)15-12(3,4)5;/h8H,6-7H2,1-5H3,(H3,13,14,15);1H. The van der Waals surface area contributed by atoms with Crippen molar-refractivity contribution in [1.29, 1.82) is 0 Å². The molecule has 0 aliphatic heterocycles. The van der Waals surface area contributed by atoms with E-state index < -0.39 is 0 Å². The van der Waals surface area contributed by atoms with E-state index in [0.717, 1.165) is 16.4 Å². The molecule has 110 valence electrons. The van der Waals surface area contributed by atoms with Crippen LogP contribution in [0, 0.1) is 0 Å². The first kappa shape index (κ1) is 18.6. The first-order chi connectivity index (χ1) is 8.28. The van der Waals surface area contributed by atoms with E-state index in [1.807, 2.05) is 0 Å². The predicted octanol–water partition coefficient (Wildman–Crippen LogP) is 2.52. The van der Waals surface area contributed by atoms with Gasteiger partial charge in [-0.2, -0.15) is 0 Å². The van der Waals surface area contributed by atoms with Crippen LogP contribution in [0.5, 0.6) is 0 Å². The highest BCUT2D eigenvalue weighted by Crippen LogP contribution is 2.18. The fraction of sp³-hybridized carbons (Fsp3) is 0.750. The van der Waals surface area contributed by atoms with Crippen molar-refractivity contribution in [1.82, 2.24) is 15.5 Å². The molecule has 0 saturated carbocycles. The second-order valence-electron chi connectivity index (χ2n) is 5.58. The molecule has 1 aromatic rings. The molecule has 0 spiro atoms. The van der Waals surface area contributed by atoms with Gasteiger partial charge in [0.05, 0.1) is 0 Å². The largest absolute Gasteiger partial charge is 0.370 e. The van der Waals surface area contributed by atoms with E-state index in [9.17, 15) is 0 Å². The smallest absolute Gasteiger partial charge is 0.188 e. The third-order valence-corrected chi connectivity index (χ3v) is 3.37. The summed E-state index contributed by atoms with van der Waals surface area (Å²) >= 11 is 1.65. The third kappa shape index (κ3) is 7.66. The van der Waals surface area contributed by atoms with Gasteiger partial charge < -0.3 is 11.1 Å². The Morgan fingerprint density at radius 1 is 1.37 bits per heavy atom. The van der Waals surface area contributed by atoms with Crippen molar-refractivity contribution in [3.63, 3.8) is 0 Å². The summed E-state index contributed by atoms with van der Waals surface area (Å²) < 4.78 is 0. The normalized spacial score (nSPS) is 12.4. The summed E-state index contributed by atoms with van der Waals surface area (Å²) in [6.07, 6.45) is 0.789. The molecule has 5 nitrogen and oxygen atoms in total. The van der Waals surface area contributed by atoms with Crippen LogP contribution in [0.4, 0.5) is 0 Å². The number of halogens is 1. The molecule has 3 N–H and O–H groups in total. The van der Waals surface area contributed by atoms with E-state index in [1.165, 1.54) is 0 Å². The van der Waals surface area contributed by atoms with Crippen LogP contribution in [0.2, 0.25) is 0 Å². The summed E-state index contributed by atoms with van der Waals surface area (Å²) in [6, 6.07) is 0. The van der Waals surface area contributed by atoms with Gasteiger partial charge in [0, 0.05) is 24.4 Å². The summed E-state index contributed by atoms with van der Waals surface area (Å²) in [4.78, 5) is 4.28. The van der Waals surface area contributed by atoms with Gasteiger partial charge >= 0.3 is 0 Å². The van der Waals surface area contributed by atoms with Gasteiger partial charge in [-0.05, 0) is 20.8 Å². The highest BCUT2D eigenvalue weighted by molar-refractivity contribution is 14.0. The van der Waals surface area contributed by atoms with Crippen LogP contribution >= 0.6 is 35.3 Å². The fourth-order valence-corrected chi connectivity index (χ4v) is 2.13. The summed E-state index contributed by atoms with van der Waals surface area (Å²) in [5, 5.41) is 13.5. The molecule has 0 amide bonds. The lowest BCUT2D eigenvalue weighted by Crippen LogP contribution is -2.45. The minimum atomic E-state index is -0.0544. The zero-order valence-electron chi connectivity index (χ0n) is 12.2. The summed E-state index contributed by atoms with van der Waals surface area (Å²) in [5.41, 5.74) is 5.73. The van der Waals surface area contributed by atoms with Crippen LogP contribution < -0.4 is 11.1 Å². The van der Waals surface area contributed by atoms with Gasteiger partial charge in [0.1, 0.15) is 10.0 Å². The van der Waals surface area contributed by atoms with Crippen molar-refractivity contribution in [2.45, 2.75) is 52.5 Å². The average molecular weight is 397 g/mol. The SMILES string of the molecule is CC(C)c1nnc(CCN=C(N)NC(C)(C)C)s1.I. The minimum absolute atomic E-state index is 0. The minimum Gasteiger partial charge on any atom is -0.370 e. The number of aliphatic imine (C=N–C) groups is 1. The van der Waals surface area contributed by atoms with Crippen molar-refractivity contribution >= 4 is 41.3 Å². The highest BCUT2D eigenvalue weighted by atomic mass is 127. The number of hydrogen-bond acceptors (Lipinski definition) is 4. The molecule has 0 unspecified atom stereocenters. The maximum atomic E-state index is 5.78. The van der Waals surface area contributed by atoms with E-state index in [1.54, 1.807) is 11.3 Å². The highest BCUT2D eigenvalue weighted by Gasteiger charge is 2.10. The molecule has 0 radical (unpaired) electrons. The maximum absolute atomic E-state index is 5.78. The lowest BCUT2D eigenvalue weighted by atomic mass is 10.1.